The van der Waals surface area contributed by atoms with Crippen molar-refractivity contribution in [2.45, 2.75) is 12.5 Å². The molecule has 5 nitrogen and oxygen atoms in total. The highest BCUT2D eigenvalue weighted by Gasteiger charge is 2.57. The molecule has 14 heavy (non-hydrogen) atoms. The van der Waals surface area contributed by atoms with Gasteiger partial charge in [0.2, 0.25) is 0 Å². The molecule has 2 rings (SSSR count). The van der Waals surface area contributed by atoms with Gasteiger partial charge in [0.15, 0.2) is 5.78 Å². The first-order valence-corrected chi connectivity index (χ1v) is 4.73. The van der Waals surface area contributed by atoms with Crippen molar-refractivity contribution >= 4 is 11.8 Å². The Morgan fingerprint density at radius 1 is 1.71 bits per heavy atom. The maximum atomic E-state index is 11.5. The standard InChI is InChI=1S/C9H13NO4/c1-2-13-8(12)7-6(11)3-14-9(7)4-10-5-9/h7,10H,2-5H2,1H3. The molecule has 0 aromatic rings. The van der Waals surface area contributed by atoms with Crippen molar-refractivity contribution < 1.29 is 19.1 Å². The molecule has 0 aliphatic carbocycles. The van der Waals surface area contributed by atoms with Crippen molar-refractivity contribution in [3.63, 3.8) is 0 Å². The van der Waals surface area contributed by atoms with Crippen LogP contribution in [0.3, 0.4) is 0 Å². The summed E-state index contributed by atoms with van der Waals surface area (Å²) in [5, 5.41) is 3.01. The van der Waals surface area contributed by atoms with Gasteiger partial charge in [0.25, 0.3) is 0 Å². The summed E-state index contributed by atoms with van der Waals surface area (Å²) < 4.78 is 10.2. The summed E-state index contributed by atoms with van der Waals surface area (Å²) in [5.41, 5.74) is -0.608. The Kier molecular flexibility index (Phi) is 2.28. The number of carbonyl (C=O) groups excluding carboxylic acids is 2. The molecule has 2 aliphatic rings. The predicted molar refractivity (Wildman–Crippen MR) is 46.7 cm³/mol. The lowest BCUT2D eigenvalue weighted by Crippen LogP contribution is -2.64. The van der Waals surface area contributed by atoms with E-state index in [1.165, 1.54) is 0 Å². The molecule has 0 saturated carbocycles. The summed E-state index contributed by atoms with van der Waals surface area (Å²) in [6, 6.07) is 0. The number of Topliss-reactive ketones (excluding diaryl/α,β-unsaturated/α-hetero) is 1. The molecule has 0 bridgehead atoms. The van der Waals surface area contributed by atoms with Crippen LogP contribution in [-0.4, -0.2) is 43.7 Å². The molecule has 2 saturated heterocycles. The number of esters is 1. The average molecular weight is 199 g/mol. The highest BCUT2D eigenvalue weighted by atomic mass is 16.5. The van der Waals surface area contributed by atoms with Crippen LogP contribution < -0.4 is 5.32 Å². The SMILES string of the molecule is CCOC(=O)C1C(=O)COC12CNC2. The van der Waals surface area contributed by atoms with Gasteiger partial charge in [-0.15, -0.1) is 0 Å². The Hall–Kier alpha value is -0.940. The highest BCUT2D eigenvalue weighted by Crippen LogP contribution is 2.34. The zero-order chi connectivity index (χ0) is 10.2. The van der Waals surface area contributed by atoms with Crippen molar-refractivity contribution in [2.75, 3.05) is 26.3 Å². The molecule has 1 N–H and O–H groups in total. The smallest absolute Gasteiger partial charge is 0.319 e. The summed E-state index contributed by atoms with van der Waals surface area (Å²) in [7, 11) is 0. The van der Waals surface area contributed by atoms with Crippen LogP contribution in [0, 0.1) is 5.92 Å². The Morgan fingerprint density at radius 2 is 2.43 bits per heavy atom. The predicted octanol–water partition coefficient (Wildman–Crippen LogP) is -0.893. The second-order valence-corrected chi connectivity index (χ2v) is 3.61. The molecular weight excluding hydrogens is 186 g/mol. The second-order valence-electron chi connectivity index (χ2n) is 3.61. The summed E-state index contributed by atoms with van der Waals surface area (Å²) >= 11 is 0. The molecular formula is C9H13NO4. The molecule has 2 heterocycles. The Morgan fingerprint density at radius 3 is 2.93 bits per heavy atom. The van der Waals surface area contributed by atoms with Gasteiger partial charge in [-0.2, -0.15) is 0 Å². The Labute approximate surface area is 81.7 Å². The molecule has 2 fully saturated rings. The molecule has 0 amide bonds. The van der Waals surface area contributed by atoms with E-state index < -0.39 is 17.5 Å². The minimum absolute atomic E-state index is 0.0329. The fourth-order valence-corrected chi connectivity index (χ4v) is 1.92. The molecule has 78 valence electrons. The molecule has 1 spiro atoms. The molecule has 1 unspecified atom stereocenters. The van der Waals surface area contributed by atoms with E-state index in [9.17, 15) is 9.59 Å². The van der Waals surface area contributed by atoms with Crippen LogP contribution in [0.5, 0.6) is 0 Å². The fraction of sp³-hybridized carbons (Fsp3) is 0.778. The number of hydrogen-bond donors (Lipinski definition) is 1. The van der Waals surface area contributed by atoms with Gasteiger partial charge in [-0.05, 0) is 6.92 Å². The number of nitrogens with one attached hydrogen (secondary N) is 1. The minimum atomic E-state index is -0.719. The van der Waals surface area contributed by atoms with E-state index >= 15 is 0 Å². The van der Waals surface area contributed by atoms with Crippen molar-refractivity contribution in [3.05, 3.63) is 0 Å². The van der Waals surface area contributed by atoms with E-state index in [0.29, 0.717) is 19.7 Å². The third-order valence-corrected chi connectivity index (χ3v) is 2.72. The third kappa shape index (κ3) is 1.24. The van der Waals surface area contributed by atoms with Crippen LogP contribution in [0.25, 0.3) is 0 Å². The van der Waals surface area contributed by atoms with Gasteiger partial charge in [0.1, 0.15) is 18.1 Å². The van der Waals surface area contributed by atoms with E-state index in [1.54, 1.807) is 6.92 Å². The monoisotopic (exact) mass is 199 g/mol. The van der Waals surface area contributed by atoms with Gasteiger partial charge in [-0.25, -0.2) is 0 Å². The number of ketones is 1. The Balaban J connectivity index is 2.13. The number of hydrogen-bond acceptors (Lipinski definition) is 5. The fourth-order valence-electron chi connectivity index (χ4n) is 1.92. The lowest BCUT2D eigenvalue weighted by atomic mass is 9.82. The number of ether oxygens (including phenoxy) is 2. The maximum absolute atomic E-state index is 11.5. The van der Waals surface area contributed by atoms with Gasteiger partial charge >= 0.3 is 5.97 Å². The van der Waals surface area contributed by atoms with Gasteiger partial charge in [0.05, 0.1) is 6.61 Å². The first-order chi connectivity index (χ1) is 6.69. The summed E-state index contributed by atoms with van der Waals surface area (Å²) in [4.78, 5) is 23.0. The highest BCUT2D eigenvalue weighted by molar-refractivity contribution is 6.02. The normalized spacial score (nSPS) is 28.9. The quantitative estimate of drug-likeness (QED) is 0.461. The van der Waals surface area contributed by atoms with Gasteiger partial charge in [0, 0.05) is 13.1 Å². The van der Waals surface area contributed by atoms with Crippen LogP contribution in [-0.2, 0) is 19.1 Å². The summed E-state index contributed by atoms with van der Waals surface area (Å²) in [5.74, 6) is -1.33. The lowest BCUT2D eigenvalue weighted by molar-refractivity contribution is -0.159. The van der Waals surface area contributed by atoms with Crippen molar-refractivity contribution in [1.29, 1.82) is 0 Å². The molecule has 0 radical (unpaired) electrons. The van der Waals surface area contributed by atoms with Crippen LogP contribution in [0.4, 0.5) is 0 Å². The van der Waals surface area contributed by atoms with Gasteiger partial charge < -0.3 is 14.8 Å². The zero-order valence-corrected chi connectivity index (χ0v) is 8.04. The van der Waals surface area contributed by atoms with E-state index in [0.717, 1.165) is 0 Å². The van der Waals surface area contributed by atoms with Crippen molar-refractivity contribution in [2.24, 2.45) is 5.92 Å². The van der Waals surface area contributed by atoms with Crippen LogP contribution in [0.15, 0.2) is 0 Å². The zero-order valence-electron chi connectivity index (χ0n) is 8.04. The van der Waals surface area contributed by atoms with Crippen LogP contribution >= 0.6 is 0 Å². The minimum Gasteiger partial charge on any atom is -0.465 e. The number of carbonyl (C=O) groups is 2. The van der Waals surface area contributed by atoms with Crippen molar-refractivity contribution in [3.8, 4) is 0 Å². The Bertz CT molecular complexity index is 272. The van der Waals surface area contributed by atoms with E-state index in [-0.39, 0.29) is 12.4 Å². The summed E-state index contributed by atoms with van der Waals surface area (Å²) in [6.45, 7) is 3.17. The van der Waals surface area contributed by atoms with E-state index in [4.69, 9.17) is 9.47 Å². The van der Waals surface area contributed by atoms with Gasteiger partial charge in [-0.1, -0.05) is 0 Å². The molecule has 0 aromatic heterocycles. The maximum Gasteiger partial charge on any atom is 0.319 e. The largest absolute Gasteiger partial charge is 0.465 e. The molecule has 0 aromatic carbocycles. The van der Waals surface area contributed by atoms with Crippen LogP contribution in [0.2, 0.25) is 0 Å². The van der Waals surface area contributed by atoms with Gasteiger partial charge in [-0.3, -0.25) is 9.59 Å². The molecule has 2 aliphatic heterocycles. The molecule has 1 atom stereocenters. The molecule has 5 heteroatoms. The lowest BCUT2D eigenvalue weighted by Gasteiger charge is -2.40. The van der Waals surface area contributed by atoms with E-state index in [1.807, 2.05) is 0 Å². The topological polar surface area (TPSA) is 64.6 Å². The first-order valence-electron chi connectivity index (χ1n) is 4.73. The third-order valence-electron chi connectivity index (χ3n) is 2.72. The second kappa shape index (κ2) is 3.33. The summed E-state index contributed by atoms with van der Waals surface area (Å²) in [6.07, 6.45) is 0. The van der Waals surface area contributed by atoms with E-state index in [2.05, 4.69) is 5.32 Å². The number of rotatable bonds is 2. The van der Waals surface area contributed by atoms with Crippen molar-refractivity contribution in [1.82, 2.24) is 5.32 Å². The average Bonchev–Trinajstić information content (AvgIpc) is 2.42. The first kappa shape index (κ1) is 9.61. The van der Waals surface area contributed by atoms with Crippen LogP contribution in [0.1, 0.15) is 6.92 Å².